The van der Waals surface area contributed by atoms with Gasteiger partial charge in [-0.2, -0.15) is 0 Å². The molecule has 0 atom stereocenters. The van der Waals surface area contributed by atoms with Gasteiger partial charge in [-0.25, -0.2) is 9.97 Å². The molecule has 0 fully saturated rings. The summed E-state index contributed by atoms with van der Waals surface area (Å²) in [5.41, 5.74) is 22.6. The van der Waals surface area contributed by atoms with Crippen LogP contribution in [0.2, 0.25) is 0 Å². The Bertz CT molecular complexity index is 3760. The van der Waals surface area contributed by atoms with E-state index in [4.69, 9.17) is 9.97 Å². The molecule has 308 valence electrons. The Morgan fingerprint density at radius 3 is 1.60 bits per heavy atom. The van der Waals surface area contributed by atoms with Gasteiger partial charge in [-0.05, 0) is 121 Å². The van der Waals surface area contributed by atoms with Crippen LogP contribution in [0, 0.1) is 0 Å². The second-order valence-electron chi connectivity index (χ2n) is 19.0. The lowest BCUT2D eigenvalue weighted by atomic mass is 9.81. The molecule has 2 aromatic heterocycles. The van der Waals surface area contributed by atoms with Gasteiger partial charge in [-0.1, -0.05) is 179 Å². The van der Waals surface area contributed by atoms with Crippen molar-refractivity contribution in [1.29, 1.82) is 0 Å². The molecular formula is C62H45N3. The molecule has 0 amide bonds. The van der Waals surface area contributed by atoms with Crippen molar-refractivity contribution in [2.24, 2.45) is 0 Å². The smallest absolute Gasteiger partial charge is 0.145 e. The van der Waals surface area contributed by atoms with Crippen LogP contribution < -0.4 is 0 Å². The van der Waals surface area contributed by atoms with Gasteiger partial charge in [0.05, 0.1) is 22.2 Å². The molecule has 2 aliphatic rings. The third-order valence-electron chi connectivity index (χ3n) is 14.6. The summed E-state index contributed by atoms with van der Waals surface area (Å²) >= 11 is 0. The van der Waals surface area contributed by atoms with Gasteiger partial charge >= 0.3 is 0 Å². The van der Waals surface area contributed by atoms with Crippen LogP contribution in [0.4, 0.5) is 0 Å². The summed E-state index contributed by atoms with van der Waals surface area (Å²) in [5.74, 6) is 0.930. The van der Waals surface area contributed by atoms with Crippen molar-refractivity contribution >= 4 is 32.7 Å². The lowest BCUT2D eigenvalue weighted by Crippen LogP contribution is -2.15. The number of fused-ring (bicyclic) bond motifs is 10. The van der Waals surface area contributed by atoms with Crippen LogP contribution in [0.3, 0.4) is 0 Å². The molecule has 3 heteroatoms. The Morgan fingerprint density at radius 1 is 0.354 bits per heavy atom. The van der Waals surface area contributed by atoms with Gasteiger partial charge in [-0.3, -0.25) is 4.57 Å². The van der Waals surface area contributed by atoms with Gasteiger partial charge in [-0.15, -0.1) is 0 Å². The summed E-state index contributed by atoms with van der Waals surface area (Å²) in [7, 11) is 0. The molecule has 0 saturated heterocycles. The molecule has 11 aromatic rings. The number of aromatic nitrogens is 3. The molecule has 2 heterocycles. The highest BCUT2D eigenvalue weighted by atomic mass is 15.1. The normalized spacial score (nSPS) is 14.1. The first-order valence-corrected chi connectivity index (χ1v) is 22.7. The van der Waals surface area contributed by atoms with E-state index in [0.717, 1.165) is 61.2 Å². The van der Waals surface area contributed by atoms with Gasteiger partial charge in [0.25, 0.3) is 0 Å². The van der Waals surface area contributed by atoms with Crippen molar-refractivity contribution in [1.82, 2.24) is 14.5 Å². The summed E-state index contributed by atoms with van der Waals surface area (Å²) in [6, 6.07) is 73.4. The lowest BCUT2D eigenvalue weighted by Gasteiger charge is -2.23. The Hall–Kier alpha value is -7.88. The van der Waals surface area contributed by atoms with E-state index in [0.29, 0.717) is 0 Å². The SMILES string of the molecule is CC1(C)c2ccccc2-c2ccc(-c3cc(-c4ccc5c(c4)C(C)(C)c4ccccc4-5)c4cc(-c5ccc(-n6c(-c7ccccc7)nc7ccccc76)cc5)c5ccccc5c4n3)cc21. The van der Waals surface area contributed by atoms with Crippen LogP contribution in [0.1, 0.15) is 49.9 Å². The monoisotopic (exact) mass is 831 g/mol. The van der Waals surface area contributed by atoms with Crippen LogP contribution in [-0.2, 0) is 10.8 Å². The van der Waals surface area contributed by atoms with Gasteiger partial charge < -0.3 is 0 Å². The second-order valence-corrected chi connectivity index (χ2v) is 19.0. The highest BCUT2D eigenvalue weighted by Crippen LogP contribution is 2.52. The Morgan fingerprint density at radius 2 is 0.892 bits per heavy atom. The first kappa shape index (κ1) is 37.7. The fourth-order valence-electron chi connectivity index (χ4n) is 11.3. The maximum absolute atomic E-state index is 5.66. The molecule has 3 nitrogen and oxygen atoms in total. The summed E-state index contributed by atoms with van der Waals surface area (Å²) < 4.78 is 2.28. The molecule has 0 N–H and O–H groups in total. The minimum Gasteiger partial charge on any atom is -0.292 e. The molecule has 13 rings (SSSR count). The van der Waals surface area contributed by atoms with Crippen LogP contribution in [0.5, 0.6) is 0 Å². The molecule has 0 bridgehead atoms. The van der Waals surface area contributed by atoms with E-state index >= 15 is 0 Å². The van der Waals surface area contributed by atoms with E-state index in [9.17, 15) is 0 Å². The Labute approximate surface area is 379 Å². The molecule has 0 aliphatic heterocycles. The summed E-state index contributed by atoms with van der Waals surface area (Å²) in [6.07, 6.45) is 0. The fraction of sp³-hybridized carbons (Fsp3) is 0.0968. The van der Waals surface area contributed by atoms with Crippen LogP contribution in [-0.4, -0.2) is 14.5 Å². The predicted octanol–water partition coefficient (Wildman–Crippen LogP) is 16.0. The van der Waals surface area contributed by atoms with Gasteiger partial charge in [0, 0.05) is 38.4 Å². The molecule has 0 saturated carbocycles. The summed E-state index contributed by atoms with van der Waals surface area (Å²) in [6.45, 7) is 9.44. The largest absolute Gasteiger partial charge is 0.292 e. The number of para-hydroxylation sites is 2. The zero-order valence-electron chi connectivity index (χ0n) is 36.9. The third kappa shape index (κ3) is 5.55. The first-order chi connectivity index (χ1) is 31.7. The van der Waals surface area contributed by atoms with Crippen molar-refractivity contribution < 1.29 is 0 Å². The number of hydrogen-bond donors (Lipinski definition) is 0. The van der Waals surface area contributed by atoms with Gasteiger partial charge in [0.15, 0.2) is 0 Å². The van der Waals surface area contributed by atoms with Crippen molar-refractivity contribution in [2.75, 3.05) is 0 Å². The minimum atomic E-state index is -0.130. The summed E-state index contributed by atoms with van der Waals surface area (Å²) in [5, 5.41) is 3.46. The highest BCUT2D eigenvalue weighted by molar-refractivity contribution is 6.16. The Kier molecular flexibility index (Phi) is 8.00. The molecule has 65 heavy (non-hydrogen) atoms. The van der Waals surface area contributed by atoms with E-state index in [1.807, 2.05) is 0 Å². The zero-order chi connectivity index (χ0) is 43.6. The maximum atomic E-state index is 5.66. The first-order valence-electron chi connectivity index (χ1n) is 22.7. The van der Waals surface area contributed by atoms with E-state index < -0.39 is 0 Å². The predicted molar refractivity (Wildman–Crippen MR) is 271 cm³/mol. The second kappa shape index (κ2) is 13.8. The number of benzene rings is 9. The third-order valence-corrected chi connectivity index (χ3v) is 14.6. The number of imidazole rings is 1. The topological polar surface area (TPSA) is 30.7 Å². The average Bonchev–Trinajstić information content (AvgIpc) is 3.93. The van der Waals surface area contributed by atoms with Gasteiger partial charge in [0.2, 0.25) is 0 Å². The van der Waals surface area contributed by atoms with Crippen molar-refractivity contribution in [3.63, 3.8) is 0 Å². The van der Waals surface area contributed by atoms with E-state index in [-0.39, 0.29) is 10.8 Å². The number of pyridine rings is 1. The van der Waals surface area contributed by atoms with E-state index in [1.54, 1.807) is 0 Å². The van der Waals surface area contributed by atoms with Gasteiger partial charge in [0.1, 0.15) is 5.82 Å². The number of hydrogen-bond acceptors (Lipinski definition) is 2. The zero-order valence-corrected chi connectivity index (χ0v) is 36.9. The number of nitrogens with zero attached hydrogens (tertiary/aromatic N) is 3. The van der Waals surface area contributed by atoms with Crippen LogP contribution >= 0.6 is 0 Å². The van der Waals surface area contributed by atoms with Crippen molar-refractivity contribution in [2.45, 2.75) is 38.5 Å². The average molecular weight is 832 g/mol. The van der Waals surface area contributed by atoms with E-state index in [1.165, 1.54) is 66.6 Å². The standard InChI is InChI=1S/C62H45N3/c1-61(2)52-22-12-10-19-44(52)46-32-28-40(34-54(46)61)50-37-57(41-29-33-47-45-20-11-13-23-53(45)62(3,4)55(47)35-41)63-59-48-21-9-8-18-43(48)49(36-51(50)59)38-26-30-42(31-27-38)65-58-25-15-14-24-56(58)64-60(65)39-16-6-5-7-17-39/h5-37H,1-4H3. The maximum Gasteiger partial charge on any atom is 0.145 e. The van der Waals surface area contributed by atoms with Crippen molar-refractivity contribution in [3.05, 3.63) is 222 Å². The highest BCUT2D eigenvalue weighted by Gasteiger charge is 2.37. The molecule has 0 spiro atoms. The molecular weight excluding hydrogens is 787 g/mol. The van der Waals surface area contributed by atoms with Crippen LogP contribution in [0.15, 0.2) is 200 Å². The molecule has 2 aliphatic carbocycles. The van der Waals surface area contributed by atoms with Crippen molar-refractivity contribution in [3.8, 4) is 72.8 Å². The number of rotatable bonds is 5. The van der Waals surface area contributed by atoms with E-state index in [2.05, 4.69) is 232 Å². The van der Waals surface area contributed by atoms with Crippen LogP contribution in [0.25, 0.3) is 106 Å². The summed E-state index contributed by atoms with van der Waals surface area (Å²) in [4.78, 5) is 10.8. The minimum absolute atomic E-state index is 0.118. The lowest BCUT2D eigenvalue weighted by molar-refractivity contribution is 0.660. The fourth-order valence-corrected chi connectivity index (χ4v) is 11.3. The Balaban J connectivity index is 1.02. The molecule has 0 unspecified atom stereocenters. The molecule has 9 aromatic carbocycles. The quantitative estimate of drug-likeness (QED) is 0.162. The molecule has 0 radical (unpaired) electrons.